The van der Waals surface area contributed by atoms with Crippen LogP contribution in [0.25, 0.3) is 66.1 Å². The molecule has 0 N–H and O–H groups in total. The van der Waals surface area contributed by atoms with Gasteiger partial charge in [-0.15, -0.1) is 0 Å². The summed E-state index contributed by atoms with van der Waals surface area (Å²) in [5.41, 5.74) is 9.97. The molecule has 2 heterocycles. The molecule has 6 aromatic carbocycles. The van der Waals surface area contributed by atoms with E-state index in [1.165, 1.54) is 21.8 Å². The summed E-state index contributed by atoms with van der Waals surface area (Å²) in [6.07, 6.45) is 0. The number of fused-ring (bicyclic) bond motifs is 6. The fourth-order valence-corrected chi connectivity index (χ4v) is 6.26. The minimum absolute atomic E-state index is 0.619. The van der Waals surface area contributed by atoms with Crippen LogP contribution in [0.2, 0.25) is 0 Å². The molecule has 8 rings (SSSR count). The van der Waals surface area contributed by atoms with Crippen molar-refractivity contribution in [3.8, 4) is 34.6 Å². The van der Waals surface area contributed by atoms with E-state index in [1.54, 1.807) is 0 Å². The first-order valence-corrected chi connectivity index (χ1v) is 13.8. The zero-order valence-electron chi connectivity index (χ0n) is 22.5. The van der Waals surface area contributed by atoms with Gasteiger partial charge in [-0.1, -0.05) is 60.7 Å². The van der Waals surface area contributed by atoms with Crippen LogP contribution < -0.4 is 0 Å². The molecule has 0 saturated carbocycles. The van der Waals surface area contributed by atoms with E-state index in [0.29, 0.717) is 11.1 Å². The Morgan fingerprint density at radius 3 is 1.69 bits per heavy atom. The molecule has 194 valence electrons. The van der Waals surface area contributed by atoms with Crippen LogP contribution in [0.3, 0.4) is 0 Å². The van der Waals surface area contributed by atoms with Gasteiger partial charge in [-0.05, 0) is 83.9 Å². The number of rotatable bonds is 3. The summed E-state index contributed by atoms with van der Waals surface area (Å²) in [5, 5.41) is 23.5. The lowest BCUT2D eigenvalue weighted by Crippen LogP contribution is -1.95. The van der Waals surface area contributed by atoms with E-state index >= 15 is 0 Å². The van der Waals surface area contributed by atoms with E-state index < -0.39 is 0 Å². The predicted molar refractivity (Wildman–Crippen MR) is 170 cm³/mol. The Hall–Kier alpha value is -6.10. The molecule has 0 unspecified atom stereocenters. The molecule has 0 atom stereocenters. The standard InChI is InChI=1S/C38H22N4/c39-23-25-12-16-29(17-13-25)41-37-19-14-26(24-40)20-34(37)33-18-15-28(22-38(33)41)27-6-5-7-30(21-27)42-35-10-3-1-8-31(35)32-9-2-4-11-36(32)42/h1-22H. The second-order valence-electron chi connectivity index (χ2n) is 10.5. The van der Waals surface area contributed by atoms with Gasteiger partial charge in [-0.25, -0.2) is 0 Å². The van der Waals surface area contributed by atoms with Crippen LogP contribution in [0.1, 0.15) is 11.1 Å². The van der Waals surface area contributed by atoms with Gasteiger partial charge < -0.3 is 9.13 Å². The van der Waals surface area contributed by atoms with Gasteiger partial charge in [0, 0.05) is 32.9 Å². The van der Waals surface area contributed by atoms with Gasteiger partial charge in [0.2, 0.25) is 0 Å². The zero-order chi connectivity index (χ0) is 28.2. The highest BCUT2D eigenvalue weighted by Gasteiger charge is 2.16. The molecule has 0 radical (unpaired) electrons. The van der Waals surface area contributed by atoms with E-state index in [1.807, 2.05) is 42.5 Å². The highest BCUT2D eigenvalue weighted by Crippen LogP contribution is 2.37. The molecular formula is C38H22N4. The summed E-state index contributed by atoms with van der Waals surface area (Å²) < 4.78 is 4.55. The number of nitrogens with zero attached hydrogens (tertiary/aromatic N) is 4. The second kappa shape index (κ2) is 9.24. The van der Waals surface area contributed by atoms with Crippen molar-refractivity contribution >= 4 is 43.6 Å². The normalized spacial score (nSPS) is 11.3. The Kier molecular flexibility index (Phi) is 5.22. The number of aromatic nitrogens is 2. The van der Waals surface area contributed by atoms with Crippen molar-refractivity contribution in [1.29, 1.82) is 10.5 Å². The number of para-hydroxylation sites is 2. The first-order valence-electron chi connectivity index (χ1n) is 13.8. The van der Waals surface area contributed by atoms with Crippen LogP contribution >= 0.6 is 0 Å². The topological polar surface area (TPSA) is 57.4 Å². The summed E-state index contributed by atoms with van der Waals surface area (Å²) >= 11 is 0. The first-order chi connectivity index (χ1) is 20.7. The molecule has 0 amide bonds. The van der Waals surface area contributed by atoms with Gasteiger partial charge in [0.15, 0.2) is 0 Å². The summed E-state index contributed by atoms with van der Waals surface area (Å²) in [6, 6.07) is 50.3. The molecule has 8 aromatic rings. The average Bonchev–Trinajstić information content (AvgIpc) is 3.57. The minimum Gasteiger partial charge on any atom is -0.309 e. The summed E-state index contributed by atoms with van der Waals surface area (Å²) in [4.78, 5) is 0. The van der Waals surface area contributed by atoms with Crippen molar-refractivity contribution in [1.82, 2.24) is 9.13 Å². The molecule has 4 heteroatoms. The third-order valence-corrected chi connectivity index (χ3v) is 8.17. The quantitative estimate of drug-likeness (QED) is 0.227. The summed E-state index contributed by atoms with van der Waals surface area (Å²) in [5.74, 6) is 0. The minimum atomic E-state index is 0.619. The Morgan fingerprint density at radius 1 is 0.381 bits per heavy atom. The van der Waals surface area contributed by atoms with Crippen LogP contribution in [0.15, 0.2) is 133 Å². The third kappa shape index (κ3) is 3.53. The van der Waals surface area contributed by atoms with E-state index in [2.05, 4.69) is 112 Å². The molecule has 0 aliphatic carbocycles. The van der Waals surface area contributed by atoms with Gasteiger partial charge in [0.05, 0.1) is 45.3 Å². The van der Waals surface area contributed by atoms with Gasteiger partial charge in [-0.2, -0.15) is 10.5 Å². The highest BCUT2D eigenvalue weighted by atomic mass is 15.0. The Morgan fingerprint density at radius 2 is 0.976 bits per heavy atom. The smallest absolute Gasteiger partial charge is 0.0991 e. The molecule has 0 bridgehead atoms. The molecule has 4 nitrogen and oxygen atoms in total. The molecule has 0 aliphatic rings. The first kappa shape index (κ1) is 23.8. The Labute approximate surface area is 242 Å². The average molecular weight is 535 g/mol. The van der Waals surface area contributed by atoms with Crippen LogP contribution in [0.4, 0.5) is 0 Å². The molecule has 0 aliphatic heterocycles. The van der Waals surface area contributed by atoms with E-state index in [9.17, 15) is 10.5 Å². The number of nitriles is 2. The molecule has 0 fully saturated rings. The zero-order valence-corrected chi connectivity index (χ0v) is 22.5. The molecule has 0 saturated heterocycles. The number of hydrogen-bond acceptors (Lipinski definition) is 2. The maximum absolute atomic E-state index is 9.59. The van der Waals surface area contributed by atoms with Gasteiger partial charge in [0.25, 0.3) is 0 Å². The van der Waals surface area contributed by atoms with Crippen LogP contribution in [-0.4, -0.2) is 9.13 Å². The molecule has 0 spiro atoms. The SMILES string of the molecule is N#Cc1ccc(-n2c3ccc(C#N)cc3c3ccc(-c4cccc(-n5c6ccccc6c6ccccc65)c4)cc32)cc1. The van der Waals surface area contributed by atoms with Crippen molar-refractivity contribution in [2.45, 2.75) is 0 Å². The second-order valence-corrected chi connectivity index (χ2v) is 10.5. The molecule has 42 heavy (non-hydrogen) atoms. The van der Waals surface area contributed by atoms with E-state index in [0.717, 1.165) is 44.3 Å². The maximum atomic E-state index is 9.59. The molecule has 2 aromatic heterocycles. The van der Waals surface area contributed by atoms with E-state index in [4.69, 9.17) is 0 Å². The van der Waals surface area contributed by atoms with Crippen molar-refractivity contribution < 1.29 is 0 Å². The predicted octanol–water partition coefficient (Wildman–Crippen LogP) is 9.29. The summed E-state index contributed by atoms with van der Waals surface area (Å²) in [7, 11) is 0. The fraction of sp³-hybridized carbons (Fsp3) is 0. The van der Waals surface area contributed by atoms with E-state index in [-0.39, 0.29) is 0 Å². The van der Waals surface area contributed by atoms with Crippen molar-refractivity contribution in [2.24, 2.45) is 0 Å². The van der Waals surface area contributed by atoms with Crippen molar-refractivity contribution in [3.63, 3.8) is 0 Å². The van der Waals surface area contributed by atoms with Gasteiger partial charge in [-0.3, -0.25) is 0 Å². The lowest BCUT2D eigenvalue weighted by Gasteiger charge is -2.12. The van der Waals surface area contributed by atoms with Crippen LogP contribution in [-0.2, 0) is 0 Å². The van der Waals surface area contributed by atoms with Gasteiger partial charge in [0.1, 0.15) is 0 Å². The van der Waals surface area contributed by atoms with Crippen molar-refractivity contribution in [2.75, 3.05) is 0 Å². The molecular weight excluding hydrogens is 512 g/mol. The maximum Gasteiger partial charge on any atom is 0.0991 e. The Balaban J connectivity index is 1.35. The lowest BCUT2D eigenvalue weighted by molar-refractivity contribution is 1.18. The van der Waals surface area contributed by atoms with Crippen LogP contribution in [0.5, 0.6) is 0 Å². The third-order valence-electron chi connectivity index (χ3n) is 8.17. The highest BCUT2D eigenvalue weighted by molar-refractivity contribution is 6.11. The largest absolute Gasteiger partial charge is 0.309 e. The summed E-state index contributed by atoms with van der Waals surface area (Å²) in [6.45, 7) is 0. The number of benzene rings is 6. The van der Waals surface area contributed by atoms with Crippen LogP contribution in [0, 0.1) is 22.7 Å². The fourth-order valence-electron chi connectivity index (χ4n) is 6.26. The Bertz CT molecular complexity index is 2370. The van der Waals surface area contributed by atoms with Gasteiger partial charge >= 0.3 is 0 Å². The lowest BCUT2D eigenvalue weighted by atomic mass is 10.0. The monoisotopic (exact) mass is 534 g/mol. The number of hydrogen-bond donors (Lipinski definition) is 0. The van der Waals surface area contributed by atoms with Crippen molar-refractivity contribution in [3.05, 3.63) is 145 Å².